The summed E-state index contributed by atoms with van der Waals surface area (Å²) >= 11 is 0. The molecule has 1 aromatic rings. The minimum Gasteiger partial charge on any atom is -0.361 e. The van der Waals surface area contributed by atoms with Gasteiger partial charge in [-0.3, -0.25) is 9.59 Å². The van der Waals surface area contributed by atoms with Crippen LogP contribution in [0.25, 0.3) is 0 Å². The fraction of sp³-hybridized carbons (Fsp3) is 0.588. The lowest BCUT2D eigenvalue weighted by molar-refractivity contribution is -0.129. The summed E-state index contributed by atoms with van der Waals surface area (Å²) < 4.78 is 5.20. The Hall–Kier alpha value is -1.71. The molecule has 3 rings (SSSR count). The van der Waals surface area contributed by atoms with Crippen LogP contribution in [0.3, 0.4) is 0 Å². The summed E-state index contributed by atoms with van der Waals surface area (Å²) in [5.74, 6) is 1.26. The molecule has 0 radical (unpaired) electrons. The Bertz CT molecular complexity index is 633. The zero-order chi connectivity index (χ0) is 15.2. The van der Waals surface area contributed by atoms with Gasteiger partial charge in [-0.2, -0.15) is 0 Å². The van der Waals surface area contributed by atoms with Crippen LogP contribution in [0.4, 0.5) is 0 Å². The van der Waals surface area contributed by atoms with Gasteiger partial charge in [0.2, 0.25) is 0 Å². The lowest BCUT2D eigenvalue weighted by Gasteiger charge is -2.39. The van der Waals surface area contributed by atoms with E-state index in [1.165, 1.54) is 0 Å². The van der Waals surface area contributed by atoms with Gasteiger partial charge in [0.1, 0.15) is 11.5 Å². The van der Waals surface area contributed by atoms with E-state index in [2.05, 4.69) is 5.16 Å². The van der Waals surface area contributed by atoms with Crippen LogP contribution in [0.2, 0.25) is 0 Å². The van der Waals surface area contributed by atoms with Crippen LogP contribution in [0.5, 0.6) is 0 Å². The van der Waals surface area contributed by atoms with Crippen molar-refractivity contribution in [1.82, 2.24) is 5.16 Å². The maximum atomic E-state index is 12.4. The van der Waals surface area contributed by atoms with Crippen LogP contribution in [0.1, 0.15) is 56.0 Å². The van der Waals surface area contributed by atoms with E-state index in [0.29, 0.717) is 31.5 Å². The van der Waals surface area contributed by atoms with Crippen molar-refractivity contribution >= 4 is 11.6 Å². The summed E-state index contributed by atoms with van der Waals surface area (Å²) in [5, 5.41) is 3.97. The standard InChI is InChI=1S/C17H21NO3/c1-10-12(11(2)21-18-10)9-13-14-5-4-6-16(20)17(14,3)8-7-15(13)19/h4-9H2,1-3H3/t17-/m0/s1. The number of ketones is 2. The first-order chi connectivity index (χ1) is 9.93. The second-order valence-electron chi connectivity index (χ2n) is 6.47. The number of hydrogen-bond donors (Lipinski definition) is 0. The van der Waals surface area contributed by atoms with E-state index in [1.54, 1.807) is 0 Å². The molecular weight excluding hydrogens is 266 g/mol. The molecule has 112 valence electrons. The van der Waals surface area contributed by atoms with Gasteiger partial charge in [0.25, 0.3) is 0 Å². The first kappa shape index (κ1) is 14.2. The molecule has 2 aliphatic carbocycles. The molecule has 0 aliphatic heterocycles. The van der Waals surface area contributed by atoms with Gasteiger partial charge in [0.15, 0.2) is 5.78 Å². The average Bonchev–Trinajstić information content (AvgIpc) is 2.76. The molecule has 1 aromatic heterocycles. The van der Waals surface area contributed by atoms with E-state index in [9.17, 15) is 9.59 Å². The number of fused-ring (bicyclic) bond motifs is 1. The summed E-state index contributed by atoms with van der Waals surface area (Å²) in [4.78, 5) is 24.8. The predicted octanol–water partition coefficient (Wildman–Crippen LogP) is 3.25. The zero-order valence-electron chi connectivity index (χ0n) is 12.9. The van der Waals surface area contributed by atoms with Crippen LogP contribution in [-0.2, 0) is 16.0 Å². The molecule has 0 bridgehead atoms. The molecule has 2 aliphatic rings. The van der Waals surface area contributed by atoms with Crippen molar-refractivity contribution in [1.29, 1.82) is 0 Å². The molecule has 0 saturated heterocycles. The van der Waals surface area contributed by atoms with E-state index >= 15 is 0 Å². The van der Waals surface area contributed by atoms with Gasteiger partial charge in [-0.15, -0.1) is 0 Å². The quantitative estimate of drug-likeness (QED) is 0.837. The van der Waals surface area contributed by atoms with E-state index < -0.39 is 5.41 Å². The molecule has 1 fully saturated rings. The number of carbonyl (C=O) groups excluding carboxylic acids is 2. The molecule has 0 unspecified atom stereocenters. The minimum atomic E-state index is -0.416. The van der Waals surface area contributed by atoms with Gasteiger partial charge < -0.3 is 4.52 Å². The Morgan fingerprint density at radius 1 is 1.19 bits per heavy atom. The fourth-order valence-electron chi connectivity index (χ4n) is 3.74. The Morgan fingerprint density at radius 2 is 1.95 bits per heavy atom. The molecule has 4 heteroatoms. The molecule has 1 atom stereocenters. The van der Waals surface area contributed by atoms with Crippen molar-refractivity contribution in [2.24, 2.45) is 5.41 Å². The Morgan fingerprint density at radius 3 is 2.62 bits per heavy atom. The van der Waals surface area contributed by atoms with Crippen molar-refractivity contribution in [3.63, 3.8) is 0 Å². The molecule has 1 heterocycles. The molecule has 4 nitrogen and oxygen atoms in total. The summed E-state index contributed by atoms with van der Waals surface area (Å²) in [6, 6.07) is 0. The third-order valence-electron chi connectivity index (χ3n) is 5.20. The zero-order valence-corrected chi connectivity index (χ0v) is 12.9. The number of rotatable bonds is 2. The van der Waals surface area contributed by atoms with Crippen molar-refractivity contribution in [3.05, 3.63) is 28.2 Å². The molecule has 1 saturated carbocycles. The molecular formula is C17H21NO3. The predicted molar refractivity (Wildman–Crippen MR) is 77.9 cm³/mol. The lowest BCUT2D eigenvalue weighted by Crippen LogP contribution is -2.39. The third-order valence-corrected chi connectivity index (χ3v) is 5.20. The van der Waals surface area contributed by atoms with Crippen LogP contribution >= 0.6 is 0 Å². The summed E-state index contributed by atoms with van der Waals surface area (Å²) in [6.45, 7) is 5.79. The molecule has 0 amide bonds. The van der Waals surface area contributed by atoms with Crippen molar-refractivity contribution in [3.8, 4) is 0 Å². The number of carbonyl (C=O) groups is 2. The molecule has 0 aromatic carbocycles. The fourth-order valence-corrected chi connectivity index (χ4v) is 3.74. The highest BCUT2D eigenvalue weighted by Gasteiger charge is 2.44. The number of Topliss-reactive ketones (excluding diaryl/α,β-unsaturated/α-hetero) is 2. The average molecular weight is 287 g/mol. The minimum absolute atomic E-state index is 0.192. The monoisotopic (exact) mass is 287 g/mol. The summed E-state index contributed by atoms with van der Waals surface area (Å²) in [6.07, 6.45) is 4.08. The van der Waals surface area contributed by atoms with Gasteiger partial charge in [-0.1, -0.05) is 5.16 Å². The summed E-state index contributed by atoms with van der Waals surface area (Å²) in [5.41, 5.74) is 3.33. The first-order valence-electron chi connectivity index (χ1n) is 7.64. The first-order valence-corrected chi connectivity index (χ1v) is 7.64. The van der Waals surface area contributed by atoms with Crippen molar-refractivity contribution in [2.45, 2.75) is 59.3 Å². The Balaban J connectivity index is 2.07. The number of aryl methyl sites for hydroxylation is 2. The van der Waals surface area contributed by atoms with Crippen molar-refractivity contribution in [2.75, 3.05) is 0 Å². The van der Waals surface area contributed by atoms with Gasteiger partial charge in [-0.05, 0) is 51.2 Å². The largest absolute Gasteiger partial charge is 0.361 e. The second kappa shape index (κ2) is 4.93. The Kier molecular flexibility index (Phi) is 3.34. The van der Waals surface area contributed by atoms with Crippen LogP contribution in [-0.4, -0.2) is 16.7 Å². The molecule has 0 spiro atoms. The van der Waals surface area contributed by atoms with E-state index in [-0.39, 0.29) is 5.78 Å². The SMILES string of the molecule is Cc1noc(C)c1CC1=C2CCCC(=O)[C@@]2(C)CCC1=O. The molecule has 0 N–H and O–H groups in total. The number of hydrogen-bond acceptors (Lipinski definition) is 4. The number of allylic oxidation sites excluding steroid dienone is 2. The van der Waals surface area contributed by atoms with Crippen molar-refractivity contribution < 1.29 is 14.1 Å². The highest BCUT2D eigenvalue weighted by Crippen LogP contribution is 2.47. The summed E-state index contributed by atoms with van der Waals surface area (Å²) in [7, 11) is 0. The Labute approximate surface area is 124 Å². The van der Waals surface area contributed by atoms with Crippen LogP contribution in [0, 0.1) is 19.3 Å². The number of aromatic nitrogens is 1. The van der Waals surface area contributed by atoms with Gasteiger partial charge in [0.05, 0.1) is 5.69 Å². The van der Waals surface area contributed by atoms with E-state index in [1.807, 2.05) is 20.8 Å². The lowest BCUT2D eigenvalue weighted by atomic mass is 9.62. The van der Waals surface area contributed by atoms with Gasteiger partial charge in [-0.25, -0.2) is 0 Å². The maximum Gasteiger partial charge on any atom is 0.159 e. The molecule has 21 heavy (non-hydrogen) atoms. The third kappa shape index (κ3) is 2.17. The van der Waals surface area contributed by atoms with Crippen LogP contribution < -0.4 is 0 Å². The maximum absolute atomic E-state index is 12.4. The number of nitrogens with zero attached hydrogens (tertiary/aromatic N) is 1. The topological polar surface area (TPSA) is 60.2 Å². The van der Waals surface area contributed by atoms with Gasteiger partial charge in [0, 0.05) is 30.2 Å². The van der Waals surface area contributed by atoms with E-state index in [0.717, 1.165) is 41.0 Å². The smallest absolute Gasteiger partial charge is 0.159 e. The van der Waals surface area contributed by atoms with Crippen LogP contribution in [0.15, 0.2) is 15.7 Å². The highest BCUT2D eigenvalue weighted by atomic mass is 16.5. The normalized spacial score (nSPS) is 26.2. The van der Waals surface area contributed by atoms with Gasteiger partial charge >= 0.3 is 0 Å². The van der Waals surface area contributed by atoms with E-state index in [4.69, 9.17) is 4.52 Å². The highest BCUT2D eigenvalue weighted by molar-refractivity contribution is 6.02. The second-order valence-corrected chi connectivity index (χ2v) is 6.47.